The lowest BCUT2D eigenvalue weighted by atomic mass is 10.1. The van der Waals surface area contributed by atoms with Gasteiger partial charge in [0.1, 0.15) is 5.75 Å². The van der Waals surface area contributed by atoms with E-state index in [0.29, 0.717) is 0 Å². The first-order valence-corrected chi connectivity index (χ1v) is 6.57. The Bertz CT molecular complexity index is 612. The fraction of sp³-hybridized carbons (Fsp3) is 0.312. The number of benzene rings is 1. The lowest BCUT2D eigenvalue weighted by Crippen LogP contribution is -2.14. The number of nitrogens with one attached hydrogen (secondary N) is 1. The summed E-state index contributed by atoms with van der Waals surface area (Å²) in [4.78, 5) is 12.2. The molecule has 0 unspecified atom stereocenters. The minimum absolute atomic E-state index is 0.0991. The molecule has 0 atom stereocenters. The number of methoxy groups -OCH3 is 1. The van der Waals surface area contributed by atoms with Crippen LogP contribution >= 0.6 is 0 Å². The number of rotatable bonds is 5. The number of hydrogen-bond acceptors (Lipinski definition) is 3. The van der Waals surface area contributed by atoms with Gasteiger partial charge >= 0.3 is 0 Å². The highest BCUT2D eigenvalue weighted by molar-refractivity contribution is 6.00. The summed E-state index contributed by atoms with van der Waals surface area (Å²) in [5.41, 5.74) is 3.79. The molecule has 1 heterocycles. The van der Waals surface area contributed by atoms with Crippen LogP contribution in [-0.2, 0) is 7.05 Å². The average Bonchev–Trinajstić information content (AvgIpc) is 2.73. The van der Waals surface area contributed by atoms with Crippen molar-refractivity contribution in [2.75, 3.05) is 19.0 Å². The molecule has 1 aromatic heterocycles. The second-order valence-electron chi connectivity index (χ2n) is 4.85. The van der Waals surface area contributed by atoms with Gasteiger partial charge in [0.25, 0.3) is 0 Å². The van der Waals surface area contributed by atoms with E-state index in [0.717, 1.165) is 28.4 Å². The van der Waals surface area contributed by atoms with Crippen LogP contribution in [0.1, 0.15) is 21.7 Å². The number of hydrogen-bond donors (Lipinski definition) is 1. The quantitative estimate of drug-likeness (QED) is 0.851. The van der Waals surface area contributed by atoms with Crippen molar-refractivity contribution in [1.29, 1.82) is 0 Å². The molecular formula is C16H20N2O2. The second kappa shape index (κ2) is 5.82. The summed E-state index contributed by atoms with van der Waals surface area (Å²) in [7, 11) is 3.60. The van der Waals surface area contributed by atoms with Crippen molar-refractivity contribution in [2.24, 2.45) is 7.05 Å². The predicted octanol–water partition coefficient (Wildman–Crippen LogP) is 2.95. The molecule has 4 heteroatoms. The fourth-order valence-corrected chi connectivity index (χ4v) is 2.12. The predicted molar refractivity (Wildman–Crippen MR) is 80.7 cm³/mol. The zero-order valence-corrected chi connectivity index (χ0v) is 12.4. The second-order valence-corrected chi connectivity index (χ2v) is 4.85. The van der Waals surface area contributed by atoms with Crippen LogP contribution in [0.25, 0.3) is 0 Å². The Labute approximate surface area is 119 Å². The molecule has 0 amide bonds. The third-order valence-electron chi connectivity index (χ3n) is 3.62. The summed E-state index contributed by atoms with van der Waals surface area (Å²) in [6.07, 6.45) is 0. The van der Waals surface area contributed by atoms with Gasteiger partial charge in [-0.1, -0.05) is 0 Å². The monoisotopic (exact) mass is 272 g/mol. The molecule has 2 aromatic rings. The summed E-state index contributed by atoms with van der Waals surface area (Å²) in [5.74, 6) is 0.901. The molecule has 0 aliphatic rings. The van der Waals surface area contributed by atoms with Gasteiger partial charge in [-0.15, -0.1) is 0 Å². The van der Waals surface area contributed by atoms with Crippen molar-refractivity contribution in [1.82, 2.24) is 4.57 Å². The molecule has 0 saturated carbocycles. The van der Waals surface area contributed by atoms with E-state index in [1.807, 2.05) is 55.8 Å². The topological polar surface area (TPSA) is 43.3 Å². The Hall–Kier alpha value is -2.23. The van der Waals surface area contributed by atoms with Gasteiger partial charge in [-0.25, -0.2) is 0 Å². The number of Topliss-reactive ketones (excluding diaryl/α,β-unsaturated/α-hetero) is 1. The van der Waals surface area contributed by atoms with Gasteiger partial charge in [0.2, 0.25) is 0 Å². The highest BCUT2D eigenvalue weighted by Gasteiger charge is 2.13. The third kappa shape index (κ3) is 2.85. The molecular weight excluding hydrogens is 252 g/mol. The fourth-order valence-electron chi connectivity index (χ4n) is 2.12. The van der Waals surface area contributed by atoms with E-state index in [2.05, 4.69) is 5.32 Å². The van der Waals surface area contributed by atoms with Gasteiger partial charge in [0, 0.05) is 29.7 Å². The first kappa shape index (κ1) is 14.2. The number of ether oxygens (including phenoxy) is 1. The Balaban J connectivity index is 2.02. The molecule has 0 radical (unpaired) electrons. The smallest absolute Gasteiger partial charge is 0.183 e. The minimum Gasteiger partial charge on any atom is -0.497 e. The van der Waals surface area contributed by atoms with Crippen LogP contribution in [0.3, 0.4) is 0 Å². The number of carbonyl (C=O) groups is 1. The van der Waals surface area contributed by atoms with Crippen LogP contribution in [0.4, 0.5) is 5.69 Å². The largest absolute Gasteiger partial charge is 0.497 e. The van der Waals surface area contributed by atoms with Crippen molar-refractivity contribution in [3.63, 3.8) is 0 Å². The van der Waals surface area contributed by atoms with Crippen molar-refractivity contribution in [2.45, 2.75) is 13.8 Å². The molecule has 1 aromatic carbocycles. The van der Waals surface area contributed by atoms with Crippen LogP contribution in [0.5, 0.6) is 5.75 Å². The molecule has 0 spiro atoms. The Kier molecular flexibility index (Phi) is 4.13. The molecule has 0 saturated heterocycles. The minimum atomic E-state index is 0.0991. The lowest BCUT2D eigenvalue weighted by molar-refractivity contribution is 0.101. The van der Waals surface area contributed by atoms with E-state index in [1.54, 1.807) is 7.11 Å². The number of carbonyl (C=O) groups excluding carboxylic acids is 1. The Morgan fingerprint density at radius 3 is 2.40 bits per heavy atom. The van der Waals surface area contributed by atoms with Gasteiger partial charge in [-0.2, -0.15) is 0 Å². The number of aryl methyl sites for hydroxylation is 1. The third-order valence-corrected chi connectivity index (χ3v) is 3.62. The normalized spacial score (nSPS) is 10.4. The summed E-state index contributed by atoms with van der Waals surface area (Å²) in [6.45, 7) is 4.25. The van der Waals surface area contributed by atoms with Gasteiger partial charge in [-0.05, 0) is 44.2 Å². The van der Waals surface area contributed by atoms with E-state index in [1.165, 1.54) is 0 Å². The maximum absolute atomic E-state index is 12.2. The Morgan fingerprint density at radius 2 is 1.90 bits per heavy atom. The van der Waals surface area contributed by atoms with Gasteiger partial charge < -0.3 is 14.6 Å². The standard InChI is InChI=1S/C16H20N2O2/c1-11-9-15(12(2)18(11)3)16(19)10-17-13-5-7-14(20-4)8-6-13/h5-9,17H,10H2,1-4H3. The van der Waals surface area contributed by atoms with E-state index in [4.69, 9.17) is 4.74 Å². The van der Waals surface area contributed by atoms with E-state index in [9.17, 15) is 4.79 Å². The molecule has 20 heavy (non-hydrogen) atoms. The average molecular weight is 272 g/mol. The van der Waals surface area contributed by atoms with Crippen LogP contribution < -0.4 is 10.1 Å². The van der Waals surface area contributed by atoms with Crippen LogP contribution in [-0.4, -0.2) is 24.0 Å². The molecule has 4 nitrogen and oxygen atoms in total. The molecule has 0 aliphatic heterocycles. The number of nitrogens with zero attached hydrogens (tertiary/aromatic N) is 1. The SMILES string of the molecule is COc1ccc(NCC(=O)c2cc(C)n(C)c2C)cc1. The van der Waals surface area contributed by atoms with Crippen molar-refractivity contribution in [3.8, 4) is 5.75 Å². The molecule has 106 valence electrons. The van der Waals surface area contributed by atoms with Crippen LogP contribution in [0.2, 0.25) is 0 Å². The summed E-state index contributed by atoms with van der Waals surface area (Å²) >= 11 is 0. The van der Waals surface area contributed by atoms with Gasteiger partial charge in [-0.3, -0.25) is 4.79 Å². The van der Waals surface area contributed by atoms with Gasteiger partial charge in [0.15, 0.2) is 5.78 Å². The zero-order chi connectivity index (χ0) is 14.7. The van der Waals surface area contributed by atoms with Crippen molar-refractivity contribution < 1.29 is 9.53 Å². The van der Waals surface area contributed by atoms with Crippen LogP contribution in [0.15, 0.2) is 30.3 Å². The zero-order valence-electron chi connectivity index (χ0n) is 12.4. The van der Waals surface area contributed by atoms with E-state index < -0.39 is 0 Å². The number of anilines is 1. The maximum atomic E-state index is 12.2. The highest BCUT2D eigenvalue weighted by atomic mass is 16.5. The molecule has 0 bridgehead atoms. The van der Waals surface area contributed by atoms with E-state index in [-0.39, 0.29) is 12.3 Å². The lowest BCUT2D eigenvalue weighted by Gasteiger charge is -2.07. The molecule has 1 N–H and O–H groups in total. The van der Waals surface area contributed by atoms with Crippen molar-refractivity contribution in [3.05, 3.63) is 47.3 Å². The summed E-state index contributed by atoms with van der Waals surface area (Å²) in [5, 5.41) is 3.14. The molecule has 0 aliphatic carbocycles. The van der Waals surface area contributed by atoms with Crippen molar-refractivity contribution >= 4 is 11.5 Å². The first-order chi connectivity index (χ1) is 9.52. The summed E-state index contributed by atoms with van der Waals surface area (Å²) < 4.78 is 7.13. The highest BCUT2D eigenvalue weighted by Crippen LogP contribution is 2.16. The molecule has 0 fully saturated rings. The Morgan fingerprint density at radius 1 is 1.25 bits per heavy atom. The summed E-state index contributed by atoms with van der Waals surface area (Å²) in [6, 6.07) is 9.47. The molecule has 2 rings (SSSR count). The number of aromatic nitrogens is 1. The van der Waals surface area contributed by atoms with E-state index >= 15 is 0 Å². The maximum Gasteiger partial charge on any atom is 0.183 e. The van der Waals surface area contributed by atoms with Crippen LogP contribution in [0, 0.1) is 13.8 Å². The van der Waals surface area contributed by atoms with Gasteiger partial charge in [0.05, 0.1) is 13.7 Å². The first-order valence-electron chi connectivity index (χ1n) is 6.57. The number of ketones is 1.